The van der Waals surface area contributed by atoms with Gasteiger partial charge in [0.15, 0.2) is 0 Å². The molecule has 0 aliphatic rings. The minimum Gasteiger partial charge on any atom is -0.271 e. The minimum absolute atomic E-state index is 0.193. The van der Waals surface area contributed by atoms with Crippen molar-refractivity contribution in [3.05, 3.63) is 70.5 Å². The van der Waals surface area contributed by atoms with Crippen molar-refractivity contribution in [3.63, 3.8) is 0 Å². The molecule has 0 bridgehead atoms. The van der Waals surface area contributed by atoms with Crippen LogP contribution in [0, 0.1) is 19.7 Å². The van der Waals surface area contributed by atoms with Crippen LogP contribution in [-0.4, -0.2) is 0 Å². The second-order valence-electron chi connectivity index (χ2n) is 4.51. The van der Waals surface area contributed by atoms with Gasteiger partial charge in [-0.15, -0.1) is 0 Å². The molecule has 0 saturated heterocycles. The maximum absolute atomic E-state index is 13.4. The fourth-order valence-electron chi connectivity index (χ4n) is 2.05. The molecule has 1 atom stereocenters. The Hall–Kier alpha value is -1.71. The molecule has 0 fully saturated rings. The average molecular weight is 244 g/mol. The van der Waals surface area contributed by atoms with Crippen molar-refractivity contribution in [3.8, 4) is 0 Å². The van der Waals surface area contributed by atoms with E-state index in [2.05, 4.69) is 5.43 Å². The third-order valence-electron chi connectivity index (χ3n) is 3.13. The summed E-state index contributed by atoms with van der Waals surface area (Å²) < 4.78 is 13.4. The summed E-state index contributed by atoms with van der Waals surface area (Å²) in [4.78, 5) is 0. The van der Waals surface area contributed by atoms with Gasteiger partial charge in [-0.1, -0.05) is 35.9 Å². The molecule has 0 radical (unpaired) electrons. The topological polar surface area (TPSA) is 38.0 Å². The van der Waals surface area contributed by atoms with Gasteiger partial charge in [0.1, 0.15) is 5.82 Å². The summed E-state index contributed by atoms with van der Waals surface area (Å²) >= 11 is 0. The summed E-state index contributed by atoms with van der Waals surface area (Å²) in [5.41, 5.74) is 6.84. The van der Waals surface area contributed by atoms with Crippen molar-refractivity contribution in [1.29, 1.82) is 0 Å². The van der Waals surface area contributed by atoms with E-state index in [0.717, 1.165) is 16.7 Å². The molecule has 0 spiro atoms. The van der Waals surface area contributed by atoms with Gasteiger partial charge in [-0.3, -0.25) is 5.84 Å². The molecule has 3 N–H and O–H groups in total. The Balaban J connectivity index is 2.44. The first-order valence-electron chi connectivity index (χ1n) is 5.90. The molecular formula is C15H17FN2. The largest absolute Gasteiger partial charge is 0.271 e. The molecule has 3 heteroatoms. The number of benzene rings is 2. The smallest absolute Gasteiger partial charge is 0.123 e. The van der Waals surface area contributed by atoms with E-state index in [0.29, 0.717) is 0 Å². The van der Waals surface area contributed by atoms with Crippen LogP contribution in [0.4, 0.5) is 4.39 Å². The summed E-state index contributed by atoms with van der Waals surface area (Å²) in [7, 11) is 0. The zero-order chi connectivity index (χ0) is 13.1. The molecule has 18 heavy (non-hydrogen) atoms. The van der Waals surface area contributed by atoms with E-state index in [-0.39, 0.29) is 11.9 Å². The second kappa shape index (κ2) is 5.29. The van der Waals surface area contributed by atoms with Crippen LogP contribution in [0.25, 0.3) is 0 Å². The molecule has 0 amide bonds. The molecule has 1 unspecified atom stereocenters. The zero-order valence-electron chi connectivity index (χ0n) is 10.6. The molecule has 2 aromatic rings. The summed E-state index contributed by atoms with van der Waals surface area (Å²) in [6.45, 7) is 3.98. The van der Waals surface area contributed by atoms with E-state index < -0.39 is 0 Å². The number of hydrogen-bond acceptors (Lipinski definition) is 2. The Kier molecular flexibility index (Phi) is 3.75. The number of rotatable bonds is 3. The number of hydrazine groups is 1. The predicted octanol–water partition coefficient (Wildman–Crippen LogP) is 3.00. The first-order valence-corrected chi connectivity index (χ1v) is 5.90. The van der Waals surface area contributed by atoms with Crippen molar-refractivity contribution in [2.24, 2.45) is 5.84 Å². The summed E-state index contributed by atoms with van der Waals surface area (Å²) in [6.07, 6.45) is 0. The SMILES string of the molecule is Cc1ccc(C(NN)c2cc(F)ccc2C)cc1. The van der Waals surface area contributed by atoms with Crippen molar-refractivity contribution < 1.29 is 4.39 Å². The predicted molar refractivity (Wildman–Crippen MR) is 71.5 cm³/mol. The van der Waals surface area contributed by atoms with Gasteiger partial charge in [-0.05, 0) is 42.7 Å². The van der Waals surface area contributed by atoms with Gasteiger partial charge < -0.3 is 0 Å². The van der Waals surface area contributed by atoms with E-state index in [1.54, 1.807) is 6.07 Å². The maximum atomic E-state index is 13.4. The summed E-state index contributed by atoms with van der Waals surface area (Å²) in [5.74, 6) is 5.37. The molecule has 94 valence electrons. The van der Waals surface area contributed by atoms with Gasteiger partial charge in [0.2, 0.25) is 0 Å². The van der Waals surface area contributed by atoms with Crippen LogP contribution < -0.4 is 11.3 Å². The highest BCUT2D eigenvalue weighted by molar-refractivity contribution is 5.37. The van der Waals surface area contributed by atoms with Crippen LogP contribution in [0.3, 0.4) is 0 Å². The lowest BCUT2D eigenvalue weighted by atomic mass is 9.95. The molecule has 0 aliphatic heterocycles. The highest BCUT2D eigenvalue weighted by atomic mass is 19.1. The first kappa shape index (κ1) is 12.7. The standard InChI is InChI=1S/C15H17FN2/c1-10-3-6-12(7-4-10)15(18-17)14-9-13(16)8-5-11(14)2/h3-9,15,18H,17H2,1-2H3. The summed E-state index contributed by atoms with van der Waals surface area (Å²) in [6, 6.07) is 12.6. The Labute approximate surface area is 107 Å². The van der Waals surface area contributed by atoms with Gasteiger partial charge in [-0.2, -0.15) is 0 Å². The lowest BCUT2D eigenvalue weighted by molar-refractivity contribution is 0.602. The Morgan fingerprint density at radius 2 is 1.72 bits per heavy atom. The zero-order valence-corrected chi connectivity index (χ0v) is 10.6. The van der Waals surface area contributed by atoms with Crippen LogP contribution in [0.1, 0.15) is 28.3 Å². The van der Waals surface area contributed by atoms with Gasteiger partial charge >= 0.3 is 0 Å². The Bertz CT molecular complexity index is 535. The fourth-order valence-corrected chi connectivity index (χ4v) is 2.05. The highest BCUT2D eigenvalue weighted by Crippen LogP contribution is 2.25. The van der Waals surface area contributed by atoms with Crippen LogP contribution in [0.15, 0.2) is 42.5 Å². The molecule has 2 aromatic carbocycles. The van der Waals surface area contributed by atoms with Crippen molar-refractivity contribution in [2.45, 2.75) is 19.9 Å². The summed E-state index contributed by atoms with van der Waals surface area (Å²) in [5, 5.41) is 0. The van der Waals surface area contributed by atoms with Crippen molar-refractivity contribution in [1.82, 2.24) is 5.43 Å². The molecular weight excluding hydrogens is 227 g/mol. The molecule has 0 heterocycles. The third kappa shape index (κ3) is 2.58. The van der Waals surface area contributed by atoms with Crippen molar-refractivity contribution >= 4 is 0 Å². The first-order chi connectivity index (χ1) is 8.61. The van der Waals surface area contributed by atoms with Crippen LogP contribution >= 0.6 is 0 Å². The van der Waals surface area contributed by atoms with Gasteiger partial charge in [0, 0.05) is 0 Å². The third-order valence-corrected chi connectivity index (χ3v) is 3.13. The average Bonchev–Trinajstić information content (AvgIpc) is 2.37. The lowest BCUT2D eigenvalue weighted by Gasteiger charge is -2.19. The second-order valence-corrected chi connectivity index (χ2v) is 4.51. The van der Waals surface area contributed by atoms with E-state index >= 15 is 0 Å². The van der Waals surface area contributed by atoms with E-state index in [4.69, 9.17) is 5.84 Å². The number of aryl methyl sites for hydroxylation is 2. The Morgan fingerprint density at radius 1 is 1.06 bits per heavy atom. The van der Waals surface area contributed by atoms with Gasteiger partial charge in [0.25, 0.3) is 0 Å². The van der Waals surface area contributed by atoms with Crippen LogP contribution in [0.5, 0.6) is 0 Å². The van der Waals surface area contributed by atoms with E-state index in [1.807, 2.05) is 38.1 Å². The van der Waals surface area contributed by atoms with Crippen LogP contribution in [-0.2, 0) is 0 Å². The van der Waals surface area contributed by atoms with Crippen molar-refractivity contribution in [2.75, 3.05) is 0 Å². The quantitative estimate of drug-likeness (QED) is 0.643. The Morgan fingerprint density at radius 3 is 2.33 bits per heavy atom. The monoisotopic (exact) mass is 244 g/mol. The number of halogens is 1. The maximum Gasteiger partial charge on any atom is 0.123 e. The molecule has 0 aliphatic carbocycles. The lowest BCUT2D eigenvalue weighted by Crippen LogP contribution is -2.29. The van der Waals surface area contributed by atoms with Gasteiger partial charge in [-0.25, -0.2) is 9.82 Å². The molecule has 2 rings (SSSR count). The van der Waals surface area contributed by atoms with Gasteiger partial charge in [0.05, 0.1) is 6.04 Å². The molecule has 0 aromatic heterocycles. The number of hydrogen-bond donors (Lipinski definition) is 2. The minimum atomic E-state index is -0.247. The molecule has 2 nitrogen and oxygen atoms in total. The van der Waals surface area contributed by atoms with E-state index in [9.17, 15) is 4.39 Å². The van der Waals surface area contributed by atoms with Crippen LogP contribution in [0.2, 0.25) is 0 Å². The fraction of sp³-hybridized carbons (Fsp3) is 0.200. The van der Waals surface area contributed by atoms with E-state index in [1.165, 1.54) is 17.7 Å². The highest BCUT2D eigenvalue weighted by Gasteiger charge is 2.15. The normalized spacial score (nSPS) is 12.4. The number of nitrogens with one attached hydrogen (secondary N) is 1. The number of nitrogens with two attached hydrogens (primary N) is 1. The molecule has 0 saturated carbocycles.